The standard InChI is InChI=1S/C12H15N3O2/c1-16-12(17-2)11-7-10(14-15-11)8-4-3-5-9(13)6-8/h3-7,12H,13H2,1-2H3,(H,14,15). The molecule has 0 amide bonds. The summed E-state index contributed by atoms with van der Waals surface area (Å²) in [5.74, 6) is 0. The monoisotopic (exact) mass is 233 g/mol. The topological polar surface area (TPSA) is 73.2 Å². The Bertz CT molecular complexity index is 492. The van der Waals surface area contributed by atoms with Crippen LogP contribution < -0.4 is 5.73 Å². The van der Waals surface area contributed by atoms with Crippen LogP contribution in [0.2, 0.25) is 0 Å². The Kier molecular flexibility index (Phi) is 3.41. The lowest BCUT2D eigenvalue weighted by Gasteiger charge is -2.09. The number of anilines is 1. The first-order chi connectivity index (χ1) is 8.24. The van der Waals surface area contributed by atoms with Gasteiger partial charge in [0.15, 0.2) is 6.29 Å². The second kappa shape index (κ2) is 4.99. The molecule has 0 bridgehead atoms. The van der Waals surface area contributed by atoms with E-state index in [-0.39, 0.29) is 0 Å². The zero-order valence-electron chi connectivity index (χ0n) is 9.81. The van der Waals surface area contributed by atoms with Gasteiger partial charge >= 0.3 is 0 Å². The van der Waals surface area contributed by atoms with E-state index in [1.807, 2.05) is 30.3 Å². The molecule has 0 fully saturated rings. The molecule has 2 rings (SSSR count). The van der Waals surface area contributed by atoms with Crippen molar-refractivity contribution in [3.8, 4) is 11.3 Å². The molecule has 0 spiro atoms. The van der Waals surface area contributed by atoms with Crippen LogP contribution in [0.15, 0.2) is 30.3 Å². The summed E-state index contributed by atoms with van der Waals surface area (Å²) in [5.41, 5.74) is 8.98. The lowest BCUT2D eigenvalue weighted by atomic mass is 10.1. The number of nitrogen functional groups attached to an aromatic ring is 1. The number of H-pyrrole nitrogens is 1. The second-order valence-corrected chi connectivity index (χ2v) is 3.64. The summed E-state index contributed by atoms with van der Waals surface area (Å²) in [7, 11) is 3.16. The number of nitrogens with two attached hydrogens (primary N) is 1. The lowest BCUT2D eigenvalue weighted by molar-refractivity contribution is -0.108. The molecule has 17 heavy (non-hydrogen) atoms. The molecule has 0 saturated heterocycles. The number of benzene rings is 1. The van der Waals surface area contributed by atoms with Crippen LogP contribution in [-0.4, -0.2) is 24.4 Å². The van der Waals surface area contributed by atoms with E-state index in [1.54, 1.807) is 14.2 Å². The molecule has 3 N–H and O–H groups in total. The highest BCUT2D eigenvalue weighted by Crippen LogP contribution is 2.23. The maximum absolute atomic E-state index is 5.73. The van der Waals surface area contributed by atoms with Crippen molar-refractivity contribution in [1.82, 2.24) is 10.2 Å². The number of aromatic nitrogens is 2. The zero-order valence-corrected chi connectivity index (χ0v) is 9.81. The third-order valence-corrected chi connectivity index (χ3v) is 2.46. The van der Waals surface area contributed by atoms with Crippen molar-refractivity contribution in [3.05, 3.63) is 36.0 Å². The van der Waals surface area contributed by atoms with Gasteiger partial charge in [0.2, 0.25) is 0 Å². The molecule has 0 atom stereocenters. The van der Waals surface area contributed by atoms with Crippen molar-refractivity contribution < 1.29 is 9.47 Å². The third-order valence-electron chi connectivity index (χ3n) is 2.46. The fourth-order valence-electron chi connectivity index (χ4n) is 1.65. The van der Waals surface area contributed by atoms with Crippen molar-refractivity contribution >= 4 is 5.69 Å². The number of nitrogens with one attached hydrogen (secondary N) is 1. The molecule has 1 aromatic heterocycles. The molecule has 2 aromatic rings. The number of hydrogen-bond acceptors (Lipinski definition) is 4. The van der Waals surface area contributed by atoms with Crippen LogP contribution in [0.4, 0.5) is 5.69 Å². The number of nitrogens with zero attached hydrogens (tertiary/aromatic N) is 1. The number of ether oxygens (including phenoxy) is 2. The smallest absolute Gasteiger partial charge is 0.199 e. The molecule has 5 heteroatoms. The number of aromatic amines is 1. The average molecular weight is 233 g/mol. The van der Waals surface area contributed by atoms with Gasteiger partial charge in [-0.25, -0.2) is 0 Å². The van der Waals surface area contributed by atoms with E-state index < -0.39 is 6.29 Å². The van der Waals surface area contributed by atoms with Gasteiger partial charge in [0.05, 0.1) is 11.4 Å². The van der Waals surface area contributed by atoms with Gasteiger partial charge in [-0.1, -0.05) is 12.1 Å². The summed E-state index contributed by atoms with van der Waals surface area (Å²) in [4.78, 5) is 0. The van der Waals surface area contributed by atoms with E-state index in [4.69, 9.17) is 15.2 Å². The highest BCUT2D eigenvalue weighted by molar-refractivity contribution is 5.64. The van der Waals surface area contributed by atoms with Crippen LogP contribution in [0.25, 0.3) is 11.3 Å². The van der Waals surface area contributed by atoms with Crippen molar-refractivity contribution in [2.75, 3.05) is 20.0 Å². The normalized spacial score (nSPS) is 11.0. The molecule has 0 aliphatic carbocycles. The van der Waals surface area contributed by atoms with Gasteiger partial charge in [-0.2, -0.15) is 5.10 Å². The van der Waals surface area contributed by atoms with Crippen molar-refractivity contribution in [2.24, 2.45) is 0 Å². The molecule has 1 heterocycles. The number of methoxy groups -OCH3 is 2. The first kappa shape index (κ1) is 11.6. The van der Waals surface area contributed by atoms with Crippen LogP contribution in [0, 0.1) is 0 Å². The van der Waals surface area contributed by atoms with Crippen molar-refractivity contribution in [2.45, 2.75) is 6.29 Å². The average Bonchev–Trinajstić information content (AvgIpc) is 2.80. The van der Waals surface area contributed by atoms with Crippen molar-refractivity contribution in [1.29, 1.82) is 0 Å². The van der Waals surface area contributed by atoms with Crippen molar-refractivity contribution in [3.63, 3.8) is 0 Å². The summed E-state index contributed by atoms with van der Waals surface area (Å²) >= 11 is 0. The quantitative estimate of drug-likeness (QED) is 0.625. The van der Waals surface area contributed by atoms with E-state index in [0.717, 1.165) is 17.0 Å². The predicted molar refractivity (Wildman–Crippen MR) is 65.2 cm³/mol. The second-order valence-electron chi connectivity index (χ2n) is 3.64. The molecular weight excluding hydrogens is 218 g/mol. The maximum Gasteiger partial charge on any atom is 0.199 e. The SMILES string of the molecule is COC(OC)c1cc(-c2cccc(N)c2)n[nH]1. The Morgan fingerprint density at radius 2 is 2.00 bits per heavy atom. The molecule has 0 aliphatic rings. The molecule has 0 unspecified atom stereocenters. The summed E-state index contributed by atoms with van der Waals surface area (Å²) < 4.78 is 10.3. The summed E-state index contributed by atoms with van der Waals surface area (Å²) in [6, 6.07) is 9.43. The van der Waals surface area contributed by atoms with Gasteiger partial charge in [-0.05, 0) is 18.2 Å². The van der Waals surface area contributed by atoms with Gasteiger partial charge in [0.25, 0.3) is 0 Å². The molecular formula is C12H15N3O2. The minimum atomic E-state index is -0.433. The highest BCUT2D eigenvalue weighted by atomic mass is 16.7. The van der Waals surface area contributed by atoms with Crippen LogP contribution in [0.3, 0.4) is 0 Å². The molecule has 90 valence electrons. The van der Waals surface area contributed by atoms with Gasteiger partial charge < -0.3 is 15.2 Å². The minimum absolute atomic E-state index is 0.433. The van der Waals surface area contributed by atoms with Crippen LogP contribution in [0.5, 0.6) is 0 Å². The number of hydrogen-bond donors (Lipinski definition) is 2. The number of rotatable bonds is 4. The Morgan fingerprint density at radius 3 is 2.65 bits per heavy atom. The maximum atomic E-state index is 5.73. The van der Waals surface area contributed by atoms with Gasteiger partial charge in [0.1, 0.15) is 0 Å². The Balaban J connectivity index is 2.29. The largest absolute Gasteiger partial charge is 0.399 e. The molecule has 0 aliphatic heterocycles. The highest BCUT2D eigenvalue weighted by Gasteiger charge is 2.13. The van der Waals surface area contributed by atoms with Crippen LogP contribution in [-0.2, 0) is 9.47 Å². The predicted octanol–water partition coefficient (Wildman–Crippen LogP) is 1.95. The van der Waals surface area contributed by atoms with Gasteiger partial charge in [-0.15, -0.1) is 0 Å². The third kappa shape index (κ3) is 2.46. The van der Waals surface area contributed by atoms with Gasteiger partial charge in [0, 0.05) is 25.5 Å². The molecule has 1 aromatic carbocycles. The molecule has 0 radical (unpaired) electrons. The van der Waals surface area contributed by atoms with Crippen LogP contribution in [0.1, 0.15) is 12.0 Å². The fraction of sp³-hybridized carbons (Fsp3) is 0.250. The van der Waals surface area contributed by atoms with E-state index in [1.165, 1.54) is 0 Å². The van der Waals surface area contributed by atoms with E-state index in [0.29, 0.717) is 5.69 Å². The first-order valence-electron chi connectivity index (χ1n) is 5.21. The van der Waals surface area contributed by atoms with E-state index in [2.05, 4.69) is 10.2 Å². The Morgan fingerprint density at radius 1 is 1.24 bits per heavy atom. The van der Waals surface area contributed by atoms with Crippen LogP contribution >= 0.6 is 0 Å². The summed E-state index contributed by atoms with van der Waals surface area (Å²) in [5, 5.41) is 7.09. The minimum Gasteiger partial charge on any atom is -0.399 e. The van der Waals surface area contributed by atoms with E-state index >= 15 is 0 Å². The Labute approximate surface area is 99.5 Å². The summed E-state index contributed by atoms with van der Waals surface area (Å²) in [6.07, 6.45) is -0.433. The first-order valence-corrected chi connectivity index (χ1v) is 5.21. The molecule has 0 saturated carbocycles. The fourth-order valence-corrected chi connectivity index (χ4v) is 1.65. The lowest BCUT2D eigenvalue weighted by Crippen LogP contribution is -2.03. The Hall–Kier alpha value is -1.85. The molecule has 5 nitrogen and oxygen atoms in total. The van der Waals surface area contributed by atoms with E-state index in [9.17, 15) is 0 Å². The zero-order chi connectivity index (χ0) is 12.3. The summed E-state index contributed by atoms with van der Waals surface area (Å²) in [6.45, 7) is 0. The van der Waals surface area contributed by atoms with Gasteiger partial charge in [-0.3, -0.25) is 5.10 Å².